The first-order valence-corrected chi connectivity index (χ1v) is 14.2. The fourth-order valence-electron chi connectivity index (χ4n) is 5.31. The molecule has 5 rings (SSSR count). The third-order valence-electron chi connectivity index (χ3n) is 7.83. The summed E-state index contributed by atoms with van der Waals surface area (Å²) in [6, 6.07) is 11.4. The number of para-hydroxylation sites is 1. The molecule has 212 valence electrons. The monoisotopic (exact) mass is 572 g/mol. The van der Waals surface area contributed by atoms with Crippen molar-refractivity contribution < 1.29 is 14.3 Å². The molecule has 3 heterocycles. The molecule has 1 aliphatic rings. The van der Waals surface area contributed by atoms with E-state index in [1.807, 2.05) is 35.7 Å². The molecule has 2 N–H and O–H groups in total. The first-order chi connectivity index (χ1) is 19.4. The second-order valence-corrected chi connectivity index (χ2v) is 12.4. The Kier molecular flexibility index (Phi) is 7.29. The van der Waals surface area contributed by atoms with E-state index in [0.29, 0.717) is 22.9 Å². The molecule has 4 aromatic rings. The molecule has 0 saturated heterocycles. The summed E-state index contributed by atoms with van der Waals surface area (Å²) < 4.78 is 7.38. The molecule has 1 aromatic carbocycles. The lowest BCUT2D eigenvalue weighted by molar-refractivity contribution is 0.0474. The number of ether oxygens (including phenoxy) is 1. The Labute approximate surface area is 240 Å². The van der Waals surface area contributed by atoms with Crippen molar-refractivity contribution in [3.63, 3.8) is 0 Å². The maximum absolute atomic E-state index is 13.8. The molecular weight excluding hydrogens is 540 g/mol. The van der Waals surface area contributed by atoms with Crippen molar-refractivity contribution in [2.24, 2.45) is 25.4 Å². The number of nitrogen functional groups attached to an aromatic ring is 1. The normalized spacial score (nSPS) is 16.1. The summed E-state index contributed by atoms with van der Waals surface area (Å²) in [5.74, 6) is -1.52. The van der Waals surface area contributed by atoms with Gasteiger partial charge in [0.1, 0.15) is 11.4 Å². The number of Topliss-reactive ketones (excluding diaryl/α,β-unsaturated/α-hetero) is 1. The Morgan fingerprint density at radius 1 is 1.07 bits per heavy atom. The van der Waals surface area contributed by atoms with Crippen LogP contribution < -0.4 is 17.0 Å². The highest BCUT2D eigenvalue weighted by atomic mass is 32.1. The van der Waals surface area contributed by atoms with Crippen LogP contribution in [0.15, 0.2) is 51.4 Å². The van der Waals surface area contributed by atoms with E-state index in [0.717, 1.165) is 37.3 Å². The average molecular weight is 573 g/mol. The van der Waals surface area contributed by atoms with Gasteiger partial charge in [-0.1, -0.05) is 45.0 Å². The van der Waals surface area contributed by atoms with E-state index in [2.05, 4.69) is 32.9 Å². The lowest BCUT2D eigenvalue weighted by Crippen LogP contribution is -2.42. The summed E-state index contributed by atoms with van der Waals surface area (Å²) in [4.78, 5) is 57.8. The Morgan fingerprint density at radius 2 is 1.80 bits per heavy atom. The topological polar surface area (TPSA) is 126 Å². The number of thiophene rings is 1. The first-order valence-electron chi connectivity index (χ1n) is 13.3. The number of fused-ring (bicyclic) bond motifs is 2. The third kappa shape index (κ3) is 5.15. The fourth-order valence-corrected chi connectivity index (χ4v) is 5.99. The van der Waals surface area contributed by atoms with Crippen LogP contribution in [0.5, 0.6) is 0 Å². The van der Waals surface area contributed by atoms with Gasteiger partial charge < -0.3 is 10.5 Å². The highest BCUT2D eigenvalue weighted by Gasteiger charge is 2.35. The maximum Gasteiger partial charge on any atom is 0.339 e. The molecule has 0 saturated carbocycles. The van der Waals surface area contributed by atoms with Gasteiger partial charge in [-0.25, -0.2) is 14.6 Å². The number of allylic oxidation sites excluding steroid dienone is 1. The smallest absolute Gasteiger partial charge is 0.339 e. The van der Waals surface area contributed by atoms with E-state index >= 15 is 0 Å². The Balaban J connectivity index is 1.60. The molecule has 0 unspecified atom stereocenters. The molecule has 0 amide bonds. The molecule has 0 radical (unpaired) electrons. The lowest BCUT2D eigenvalue weighted by Gasteiger charge is -2.36. The van der Waals surface area contributed by atoms with Crippen LogP contribution in [0.25, 0.3) is 22.6 Å². The zero-order chi connectivity index (χ0) is 29.6. The number of esters is 1. The zero-order valence-electron chi connectivity index (χ0n) is 23.7. The molecule has 0 fully saturated rings. The number of hydrogen-bond acceptors (Lipinski definition) is 8. The minimum absolute atomic E-state index is 0.0458. The number of hydrogen-bond donors (Lipinski definition) is 1. The van der Waals surface area contributed by atoms with Crippen LogP contribution in [0.4, 0.5) is 5.82 Å². The quantitative estimate of drug-likeness (QED) is 0.276. The number of benzene rings is 1. The second-order valence-electron chi connectivity index (χ2n) is 11.5. The van der Waals surface area contributed by atoms with Crippen molar-refractivity contribution in [3.05, 3.63) is 89.9 Å². The van der Waals surface area contributed by atoms with Crippen molar-refractivity contribution in [2.75, 3.05) is 12.3 Å². The zero-order valence-corrected chi connectivity index (χ0v) is 24.5. The number of anilines is 1. The van der Waals surface area contributed by atoms with Gasteiger partial charge in [0, 0.05) is 24.4 Å². The van der Waals surface area contributed by atoms with Crippen molar-refractivity contribution >= 4 is 51.5 Å². The van der Waals surface area contributed by atoms with Gasteiger partial charge in [0.2, 0.25) is 5.78 Å². The molecular formula is C31H32N4O5S. The van der Waals surface area contributed by atoms with Crippen molar-refractivity contribution in [1.29, 1.82) is 0 Å². The standard InChI is InChI=1S/C31H32N4O5S/c1-31(2,3)18-13-17(14-19-9-8-12-41-19)26-21(15-18)24(20-10-6-7-11-22(20)33-26)29(38)40-16-23(36)25-27(32)34(4)30(39)35(5)28(25)37/h6-12,14,18H,13,15-16,32H2,1-5H3/b17-14+/t18-/m1/s1. The Hall–Kier alpha value is -4.31. The van der Waals surface area contributed by atoms with Gasteiger partial charge in [0.15, 0.2) is 6.61 Å². The number of pyridine rings is 1. The highest BCUT2D eigenvalue weighted by molar-refractivity contribution is 7.10. The van der Waals surface area contributed by atoms with E-state index < -0.39 is 35.2 Å². The van der Waals surface area contributed by atoms with Crippen LogP contribution in [0.1, 0.15) is 64.0 Å². The molecule has 1 atom stereocenters. The van der Waals surface area contributed by atoms with Gasteiger partial charge in [-0.2, -0.15) is 0 Å². The summed E-state index contributed by atoms with van der Waals surface area (Å²) in [5.41, 5.74) is 7.61. The van der Waals surface area contributed by atoms with E-state index in [1.165, 1.54) is 14.1 Å². The minimum atomic E-state index is -0.838. The van der Waals surface area contributed by atoms with E-state index in [9.17, 15) is 19.2 Å². The van der Waals surface area contributed by atoms with Gasteiger partial charge >= 0.3 is 11.7 Å². The Bertz CT molecular complexity index is 1840. The van der Waals surface area contributed by atoms with Crippen LogP contribution in [0.3, 0.4) is 0 Å². The van der Waals surface area contributed by atoms with Crippen molar-refractivity contribution in [1.82, 2.24) is 14.1 Å². The molecule has 1 aliphatic carbocycles. The van der Waals surface area contributed by atoms with Crippen LogP contribution in [-0.4, -0.2) is 32.5 Å². The average Bonchev–Trinajstić information content (AvgIpc) is 3.45. The highest BCUT2D eigenvalue weighted by Crippen LogP contribution is 2.45. The summed E-state index contributed by atoms with van der Waals surface area (Å²) in [7, 11) is 2.62. The van der Waals surface area contributed by atoms with Gasteiger partial charge in [0.05, 0.1) is 16.8 Å². The number of carbonyl (C=O) groups is 2. The number of ketones is 1. The number of nitrogens with zero attached hydrogens (tertiary/aromatic N) is 3. The molecule has 0 bridgehead atoms. The number of aromatic nitrogens is 3. The number of carbonyl (C=O) groups excluding carboxylic acids is 2. The van der Waals surface area contributed by atoms with Crippen molar-refractivity contribution in [3.8, 4) is 0 Å². The summed E-state index contributed by atoms with van der Waals surface area (Å²) in [6.07, 6.45) is 3.56. The predicted octanol–water partition coefficient (Wildman–Crippen LogP) is 4.46. The lowest BCUT2D eigenvalue weighted by atomic mass is 9.69. The van der Waals surface area contributed by atoms with E-state index in [1.54, 1.807) is 11.3 Å². The predicted molar refractivity (Wildman–Crippen MR) is 161 cm³/mol. The summed E-state index contributed by atoms with van der Waals surface area (Å²) >= 11 is 1.64. The molecule has 10 heteroatoms. The molecule has 41 heavy (non-hydrogen) atoms. The van der Waals surface area contributed by atoms with Gasteiger partial charge in [-0.3, -0.25) is 18.7 Å². The van der Waals surface area contributed by atoms with Gasteiger partial charge in [0.25, 0.3) is 5.56 Å². The van der Waals surface area contributed by atoms with Crippen LogP contribution in [-0.2, 0) is 25.3 Å². The van der Waals surface area contributed by atoms with Gasteiger partial charge in [-0.05, 0) is 58.9 Å². The van der Waals surface area contributed by atoms with E-state index in [-0.39, 0.29) is 17.2 Å². The number of rotatable bonds is 5. The minimum Gasteiger partial charge on any atom is -0.454 e. The molecule has 0 spiro atoms. The summed E-state index contributed by atoms with van der Waals surface area (Å²) in [5, 5.41) is 2.65. The van der Waals surface area contributed by atoms with Crippen LogP contribution in [0.2, 0.25) is 0 Å². The largest absolute Gasteiger partial charge is 0.454 e. The SMILES string of the molecule is Cn1c(N)c(C(=O)COC(=O)c2c3c(nc4ccccc24)/C(=C/c2cccs2)C[C@@H](C(C)(C)C)C3)c(=O)n(C)c1=O. The number of nitrogens with two attached hydrogens (primary N) is 1. The fraction of sp³-hybridized carbons (Fsp3) is 0.323. The summed E-state index contributed by atoms with van der Waals surface area (Å²) in [6.45, 7) is 5.86. The van der Waals surface area contributed by atoms with Crippen molar-refractivity contribution in [2.45, 2.75) is 33.6 Å². The molecule has 9 nitrogen and oxygen atoms in total. The second kappa shape index (κ2) is 10.6. The van der Waals surface area contributed by atoms with Gasteiger partial charge in [-0.15, -0.1) is 11.3 Å². The Morgan fingerprint density at radius 3 is 2.49 bits per heavy atom. The molecule has 3 aromatic heterocycles. The first kappa shape index (κ1) is 28.2. The van der Waals surface area contributed by atoms with E-state index in [4.69, 9.17) is 15.5 Å². The maximum atomic E-state index is 13.8. The van der Waals surface area contributed by atoms with Crippen LogP contribution in [0, 0.1) is 11.3 Å². The van der Waals surface area contributed by atoms with Crippen LogP contribution >= 0.6 is 11.3 Å². The third-order valence-corrected chi connectivity index (χ3v) is 8.65. The molecule has 0 aliphatic heterocycles.